The van der Waals surface area contributed by atoms with Crippen LogP contribution >= 0.6 is 0 Å². The Bertz CT molecular complexity index is 1050. The topological polar surface area (TPSA) is 95.9 Å². The number of aromatic hydroxyl groups is 1. The van der Waals surface area contributed by atoms with Crippen LogP contribution in [0, 0.1) is 0 Å². The number of hydrogen-bond acceptors (Lipinski definition) is 4. The number of phenolic OH excluding ortho intramolecular Hbond substituents is 1. The number of phenols is 1. The summed E-state index contributed by atoms with van der Waals surface area (Å²) in [6.07, 6.45) is -0.0921. The Balaban J connectivity index is 1.38. The first-order valence-electron chi connectivity index (χ1n) is 10.1. The normalized spacial score (nSPS) is 13.2. The van der Waals surface area contributed by atoms with Crippen molar-refractivity contribution in [2.45, 2.75) is 24.8 Å². The quantitative estimate of drug-likeness (QED) is 0.532. The van der Waals surface area contributed by atoms with E-state index in [1.54, 1.807) is 24.3 Å². The number of rotatable bonds is 7. The fraction of sp³-hybridized carbons (Fsp3) is 0.200. The van der Waals surface area contributed by atoms with Crippen molar-refractivity contribution >= 4 is 12.1 Å². The molecule has 0 heterocycles. The summed E-state index contributed by atoms with van der Waals surface area (Å²) in [6, 6.07) is 21.5. The number of aryl methyl sites for hydroxylation is 1. The molecule has 0 aliphatic heterocycles. The zero-order valence-corrected chi connectivity index (χ0v) is 16.8. The van der Waals surface area contributed by atoms with Gasteiger partial charge in [0.1, 0.15) is 18.4 Å². The van der Waals surface area contributed by atoms with Crippen molar-refractivity contribution in [1.82, 2.24) is 5.32 Å². The van der Waals surface area contributed by atoms with Gasteiger partial charge in [-0.15, -0.1) is 0 Å². The van der Waals surface area contributed by atoms with Gasteiger partial charge >= 0.3 is 12.1 Å². The lowest BCUT2D eigenvalue weighted by Gasteiger charge is -2.17. The van der Waals surface area contributed by atoms with Gasteiger partial charge in [-0.3, -0.25) is 0 Å². The lowest BCUT2D eigenvalue weighted by molar-refractivity contribution is -0.139. The number of amides is 1. The molecule has 0 aromatic heterocycles. The highest BCUT2D eigenvalue weighted by atomic mass is 16.5. The average Bonchev–Trinajstić information content (AvgIpc) is 3.10. The van der Waals surface area contributed by atoms with E-state index in [1.807, 2.05) is 36.4 Å². The lowest BCUT2D eigenvalue weighted by Crippen LogP contribution is -2.41. The molecule has 0 fully saturated rings. The molecule has 158 valence electrons. The molecule has 6 heteroatoms. The number of alkyl carbamates (subject to hydrolysis) is 1. The highest BCUT2D eigenvalue weighted by Gasteiger charge is 2.29. The number of benzene rings is 3. The molecular weight excluding hydrogens is 394 g/mol. The van der Waals surface area contributed by atoms with Crippen LogP contribution in [0.3, 0.4) is 0 Å². The predicted molar refractivity (Wildman–Crippen MR) is 116 cm³/mol. The molecule has 1 aliphatic carbocycles. The van der Waals surface area contributed by atoms with Crippen molar-refractivity contribution in [1.29, 1.82) is 0 Å². The van der Waals surface area contributed by atoms with Gasteiger partial charge in [0, 0.05) is 5.92 Å². The maximum atomic E-state index is 12.4. The second kappa shape index (κ2) is 8.92. The standard InChI is InChI=1S/C25H23NO5/c27-17-12-9-16(10-13-17)11-14-23(24(28)29)26-25(30)31-15-22-20-7-3-1-5-18(20)19-6-2-4-8-21(19)22/h1-10,12-13,22-23,27H,11,14-15H2,(H,26,30)(H,28,29)/t23-/m1/s1. The number of carbonyl (C=O) groups is 2. The molecule has 3 N–H and O–H groups in total. The molecule has 3 aromatic rings. The number of nitrogens with one attached hydrogen (secondary N) is 1. The van der Waals surface area contributed by atoms with Gasteiger partial charge in [-0.25, -0.2) is 9.59 Å². The monoisotopic (exact) mass is 417 g/mol. The lowest BCUT2D eigenvalue weighted by atomic mass is 9.98. The second-order valence-corrected chi connectivity index (χ2v) is 7.57. The Kier molecular flexibility index (Phi) is 5.89. The summed E-state index contributed by atoms with van der Waals surface area (Å²) in [4.78, 5) is 24.0. The third-order valence-corrected chi connectivity index (χ3v) is 5.59. The van der Waals surface area contributed by atoms with Crippen LogP contribution in [0.15, 0.2) is 72.8 Å². The highest BCUT2D eigenvalue weighted by molar-refractivity contribution is 5.81. The summed E-state index contributed by atoms with van der Waals surface area (Å²) in [7, 11) is 0. The maximum Gasteiger partial charge on any atom is 0.407 e. The van der Waals surface area contributed by atoms with E-state index in [2.05, 4.69) is 17.4 Å². The van der Waals surface area contributed by atoms with Gasteiger partial charge in [-0.1, -0.05) is 60.7 Å². The van der Waals surface area contributed by atoms with Gasteiger partial charge < -0.3 is 20.3 Å². The summed E-state index contributed by atoms with van der Waals surface area (Å²) in [6.45, 7) is 0.129. The van der Waals surface area contributed by atoms with Gasteiger partial charge in [0.05, 0.1) is 0 Å². The number of aliphatic carboxylic acids is 1. The number of fused-ring (bicyclic) bond motifs is 3. The zero-order chi connectivity index (χ0) is 21.8. The molecule has 1 aliphatic rings. The molecule has 1 amide bonds. The largest absolute Gasteiger partial charge is 0.508 e. The number of carbonyl (C=O) groups excluding carboxylic acids is 1. The van der Waals surface area contributed by atoms with Crippen molar-refractivity contribution < 1.29 is 24.5 Å². The van der Waals surface area contributed by atoms with Crippen molar-refractivity contribution in [2.24, 2.45) is 0 Å². The first-order valence-corrected chi connectivity index (χ1v) is 10.1. The van der Waals surface area contributed by atoms with Gasteiger partial charge in [-0.2, -0.15) is 0 Å². The Morgan fingerprint density at radius 3 is 2.06 bits per heavy atom. The molecule has 0 spiro atoms. The molecule has 31 heavy (non-hydrogen) atoms. The van der Waals surface area contributed by atoms with Gasteiger partial charge in [-0.05, 0) is 52.8 Å². The van der Waals surface area contributed by atoms with Crippen LogP contribution in [0.1, 0.15) is 29.0 Å². The Labute approximate surface area is 180 Å². The molecular formula is C25H23NO5. The van der Waals surface area contributed by atoms with Gasteiger partial charge in [0.15, 0.2) is 0 Å². The number of carboxylic acids is 1. The molecule has 0 unspecified atom stereocenters. The van der Waals surface area contributed by atoms with Crippen LogP contribution in [0.2, 0.25) is 0 Å². The van der Waals surface area contributed by atoms with E-state index in [9.17, 15) is 19.8 Å². The van der Waals surface area contributed by atoms with Crippen LogP contribution < -0.4 is 5.32 Å². The first-order chi connectivity index (χ1) is 15.0. The molecule has 1 atom stereocenters. The number of hydrogen-bond donors (Lipinski definition) is 3. The van der Waals surface area contributed by atoms with Crippen LogP contribution in [-0.4, -0.2) is 34.9 Å². The van der Waals surface area contributed by atoms with Crippen molar-refractivity contribution in [3.8, 4) is 16.9 Å². The number of carboxylic acid groups (broad SMARTS) is 1. The minimum atomic E-state index is -1.12. The number of ether oxygens (including phenoxy) is 1. The van der Waals surface area contributed by atoms with Gasteiger partial charge in [0.25, 0.3) is 0 Å². The molecule has 4 rings (SSSR count). The van der Waals surface area contributed by atoms with E-state index < -0.39 is 18.1 Å². The summed E-state index contributed by atoms with van der Waals surface area (Å²) >= 11 is 0. The molecule has 0 saturated heterocycles. The average molecular weight is 417 g/mol. The van der Waals surface area contributed by atoms with E-state index in [1.165, 1.54) is 0 Å². The Morgan fingerprint density at radius 2 is 1.48 bits per heavy atom. The highest BCUT2D eigenvalue weighted by Crippen LogP contribution is 2.44. The van der Waals surface area contributed by atoms with E-state index >= 15 is 0 Å². The molecule has 0 saturated carbocycles. The summed E-state index contributed by atoms with van der Waals surface area (Å²) < 4.78 is 5.44. The van der Waals surface area contributed by atoms with Crippen LogP contribution in [0.4, 0.5) is 4.79 Å². The van der Waals surface area contributed by atoms with E-state index in [0.29, 0.717) is 6.42 Å². The van der Waals surface area contributed by atoms with Crippen LogP contribution in [0.25, 0.3) is 11.1 Å². The van der Waals surface area contributed by atoms with Crippen molar-refractivity contribution in [3.05, 3.63) is 89.5 Å². The SMILES string of the molecule is O=C(N[C@H](CCc1ccc(O)cc1)C(=O)O)OCC1c2ccccc2-c2ccccc21. The predicted octanol–water partition coefficient (Wildman–Crippen LogP) is 4.32. The molecule has 6 nitrogen and oxygen atoms in total. The van der Waals surface area contributed by atoms with Crippen LogP contribution in [-0.2, 0) is 16.0 Å². The van der Waals surface area contributed by atoms with Crippen molar-refractivity contribution in [3.63, 3.8) is 0 Å². The zero-order valence-electron chi connectivity index (χ0n) is 16.8. The van der Waals surface area contributed by atoms with Gasteiger partial charge in [0.2, 0.25) is 0 Å². The maximum absolute atomic E-state index is 12.4. The Hall–Kier alpha value is -3.80. The van der Waals surface area contributed by atoms with E-state index in [0.717, 1.165) is 27.8 Å². The minimum absolute atomic E-state index is 0.0848. The smallest absolute Gasteiger partial charge is 0.407 e. The third-order valence-electron chi connectivity index (χ3n) is 5.59. The molecule has 0 radical (unpaired) electrons. The fourth-order valence-corrected chi connectivity index (χ4v) is 4.01. The summed E-state index contributed by atoms with van der Waals surface area (Å²) in [5.41, 5.74) is 5.32. The molecule has 3 aromatic carbocycles. The summed E-state index contributed by atoms with van der Waals surface area (Å²) in [5.74, 6) is -1.05. The third kappa shape index (κ3) is 4.53. The van der Waals surface area contributed by atoms with E-state index in [4.69, 9.17) is 4.74 Å². The Morgan fingerprint density at radius 1 is 0.903 bits per heavy atom. The van der Waals surface area contributed by atoms with Crippen LogP contribution in [0.5, 0.6) is 5.75 Å². The minimum Gasteiger partial charge on any atom is -0.508 e. The van der Waals surface area contributed by atoms with E-state index in [-0.39, 0.29) is 24.7 Å². The first kappa shape index (κ1) is 20.5. The molecule has 0 bridgehead atoms. The summed E-state index contributed by atoms with van der Waals surface area (Å²) in [5, 5.41) is 21.3. The fourth-order valence-electron chi connectivity index (χ4n) is 4.01. The van der Waals surface area contributed by atoms with Crippen molar-refractivity contribution in [2.75, 3.05) is 6.61 Å². The second-order valence-electron chi connectivity index (χ2n) is 7.57.